The fraction of sp³-hybridized carbons (Fsp3) is 0.211. The Hall–Kier alpha value is -3.33. The SMILES string of the molecule is CC1(C)Oc2ccc(C#N)cc2C(n2ccccc2=O)=C1CNC=O. The molecule has 2 aromatic rings. The molecule has 0 aliphatic carbocycles. The number of aromatic nitrogens is 1. The zero-order valence-electron chi connectivity index (χ0n) is 13.9. The molecule has 3 rings (SSSR count). The number of amides is 1. The average molecular weight is 335 g/mol. The molecule has 1 aromatic carbocycles. The van der Waals surface area contributed by atoms with Crippen LogP contribution in [0, 0.1) is 11.3 Å². The van der Waals surface area contributed by atoms with Gasteiger partial charge in [0.25, 0.3) is 5.56 Å². The van der Waals surface area contributed by atoms with Gasteiger partial charge in [-0.25, -0.2) is 0 Å². The largest absolute Gasteiger partial charge is 0.483 e. The lowest BCUT2D eigenvalue weighted by Crippen LogP contribution is -2.41. The van der Waals surface area contributed by atoms with Crippen molar-refractivity contribution in [1.29, 1.82) is 5.26 Å². The highest BCUT2D eigenvalue weighted by Gasteiger charge is 2.36. The maximum Gasteiger partial charge on any atom is 0.255 e. The average Bonchev–Trinajstić information content (AvgIpc) is 2.59. The maximum absolute atomic E-state index is 12.4. The Morgan fingerprint density at radius 1 is 1.32 bits per heavy atom. The van der Waals surface area contributed by atoms with Gasteiger partial charge >= 0.3 is 0 Å². The molecule has 126 valence electrons. The summed E-state index contributed by atoms with van der Waals surface area (Å²) in [5, 5.41) is 11.9. The second kappa shape index (κ2) is 6.29. The second-order valence-corrected chi connectivity index (χ2v) is 6.17. The number of ether oxygens (including phenoxy) is 1. The molecule has 1 aromatic heterocycles. The topological polar surface area (TPSA) is 84.1 Å². The van der Waals surface area contributed by atoms with Crippen molar-refractivity contribution < 1.29 is 9.53 Å². The van der Waals surface area contributed by atoms with Gasteiger partial charge in [0.2, 0.25) is 6.41 Å². The summed E-state index contributed by atoms with van der Waals surface area (Å²) in [6.07, 6.45) is 2.28. The summed E-state index contributed by atoms with van der Waals surface area (Å²) in [7, 11) is 0. The molecular weight excluding hydrogens is 318 g/mol. The van der Waals surface area contributed by atoms with Gasteiger partial charge in [0.15, 0.2) is 0 Å². The molecule has 6 heteroatoms. The number of benzene rings is 1. The molecule has 1 aliphatic heterocycles. The van der Waals surface area contributed by atoms with Crippen LogP contribution in [0.15, 0.2) is 53.0 Å². The van der Waals surface area contributed by atoms with Crippen molar-refractivity contribution in [3.05, 3.63) is 69.6 Å². The zero-order valence-corrected chi connectivity index (χ0v) is 13.9. The number of rotatable bonds is 4. The number of carbonyl (C=O) groups excluding carboxylic acids is 1. The second-order valence-electron chi connectivity index (χ2n) is 6.17. The summed E-state index contributed by atoms with van der Waals surface area (Å²) >= 11 is 0. The lowest BCUT2D eigenvalue weighted by molar-refractivity contribution is -0.109. The Bertz CT molecular complexity index is 964. The van der Waals surface area contributed by atoms with Crippen LogP contribution in [0.4, 0.5) is 0 Å². The fourth-order valence-electron chi connectivity index (χ4n) is 2.99. The Kier molecular flexibility index (Phi) is 4.15. The predicted molar refractivity (Wildman–Crippen MR) is 93.0 cm³/mol. The van der Waals surface area contributed by atoms with Crippen molar-refractivity contribution in [2.24, 2.45) is 0 Å². The van der Waals surface area contributed by atoms with E-state index in [0.717, 1.165) is 5.57 Å². The minimum atomic E-state index is -0.734. The summed E-state index contributed by atoms with van der Waals surface area (Å²) in [5.41, 5.74) is 1.55. The summed E-state index contributed by atoms with van der Waals surface area (Å²) < 4.78 is 7.60. The first-order chi connectivity index (χ1) is 12.0. The minimum Gasteiger partial charge on any atom is -0.483 e. The van der Waals surface area contributed by atoms with E-state index in [0.29, 0.717) is 29.0 Å². The first kappa shape index (κ1) is 16.5. The molecular formula is C19H17N3O3. The molecule has 2 heterocycles. The van der Waals surface area contributed by atoms with Gasteiger partial charge in [0, 0.05) is 29.9 Å². The van der Waals surface area contributed by atoms with Crippen LogP contribution in [-0.2, 0) is 4.79 Å². The molecule has 0 radical (unpaired) electrons. The number of fused-ring (bicyclic) bond motifs is 1. The zero-order chi connectivity index (χ0) is 18.0. The lowest BCUT2D eigenvalue weighted by Gasteiger charge is -2.37. The number of carbonyl (C=O) groups is 1. The van der Waals surface area contributed by atoms with Crippen molar-refractivity contribution in [2.75, 3.05) is 6.54 Å². The Morgan fingerprint density at radius 2 is 2.12 bits per heavy atom. The van der Waals surface area contributed by atoms with Gasteiger partial charge in [-0.2, -0.15) is 5.26 Å². The lowest BCUT2D eigenvalue weighted by atomic mass is 9.88. The normalized spacial score (nSPS) is 14.9. The third-order valence-corrected chi connectivity index (χ3v) is 4.17. The molecule has 0 unspecified atom stereocenters. The molecule has 1 amide bonds. The van der Waals surface area contributed by atoms with Gasteiger partial charge in [-0.3, -0.25) is 14.2 Å². The number of pyridine rings is 1. The highest BCUT2D eigenvalue weighted by molar-refractivity contribution is 5.78. The van der Waals surface area contributed by atoms with E-state index in [4.69, 9.17) is 4.74 Å². The molecule has 0 atom stereocenters. The van der Waals surface area contributed by atoms with E-state index in [-0.39, 0.29) is 12.1 Å². The Balaban J connectivity index is 2.37. The smallest absolute Gasteiger partial charge is 0.255 e. The van der Waals surface area contributed by atoms with Crippen molar-refractivity contribution in [2.45, 2.75) is 19.4 Å². The first-order valence-corrected chi connectivity index (χ1v) is 7.80. The third kappa shape index (κ3) is 2.92. The summed E-state index contributed by atoms with van der Waals surface area (Å²) in [5.74, 6) is 0.588. The van der Waals surface area contributed by atoms with Crippen LogP contribution in [0.2, 0.25) is 0 Å². The molecule has 25 heavy (non-hydrogen) atoms. The van der Waals surface area contributed by atoms with Crippen LogP contribution in [0.25, 0.3) is 5.70 Å². The van der Waals surface area contributed by atoms with Crippen molar-refractivity contribution in [1.82, 2.24) is 9.88 Å². The van der Waals surface area contributed by atoms with E-state index < -0.39 is 5.60 Å². The van der Waals surface area contributed by atoms with E-state index in [2.05, 4.69) is 11.4 Å². The molecule has 0 saturated heterocycles. The predicted octanol–water partition coefficient (Wildman–Crippen LogP) is 1.90. The summed E-state index contributed by atoms with van der Waals surface area (Å²) in [6, 6.07) is 12.1. The maximum atomic E-state index is 12.4. The van der Waals surface area contributed by atoms with Gasteiger partial charge in [-0.05, 0) is 38.1 Å². The molecule has 1 N–H and O–H groups in total. The van der Waals surface area contributed by atoms with E-state index in [1.165, 1.54) is 10.6 Å². The van der Waals surface area contributed by atoms with Crippen LogP contribution in [0.1, 0.15) is 25.0 Å². The van der Waals surface area contributed by atoms with Crippen LogP contribution >= 0.6 is 0 Å². The highest BCUT2D eigenvalue weighted by atomic mass is 16.5. The molecule has 6 nitrogen and oxygen atoms in total. The minimum absolute atomic E-state index is 0.202. The number of hydrogen-bond acceptors (Lipinski definition) is 4. The van der Waals surface area contributed by atoms with Gasteiger partial charge in [0.1, 0.15) is 11.4 Å². The molecule has 0 fully saturated rings. The van der Waals surface area contributed by atoms with E-state index in [9.17, 15) is 14.9 Å². The van der Waals surface area contributed by atoms with E-state index in [1.54, 1.807) is 36.5 Å². The van der Waals surface area contributed by atoms with E-state index in [1.807, 2.05) is 13.8 Å². The van der Waals surface area contributed by atoms with Crippen molar-refractivity contribution in [3.63, 3.8) is 0 Å². The number of hydrogen-bond donors (Lipinski definition) is 1. The fourth-order valence-corrected chi connectivity index (χ4v) is 2.99. The van der Waals surface area contributed by atoms with Crippen LogP contribution < -0.4 is 15.6 Å². The van der Waals surface area contributed by atoms with Crippen molar-refractivity contribution in [3.8, 4) is 11.8 Å². The summed E-state index contributed by atoms with van der Waals surface area (Å²) in [6.45, 7) is 3.98. The highest BCUT2D eigenvalue weighted by Crippen LogP contribution is 2.41. The van der Waals surface area contributed by atoms with Crippen LogP contribution in [0.5, 0.6) is 5.75 Å². The van der Waals surface area contributed by atoms with Gasteiger partial charge in [0.05, 0.1) is 17.3 Å². The van der Waals surface area contributed by atoms with Gasteiger partial charge in [-0.15, -0.1) is 0 Å². The molecule has 0 bridgehead atoms. The quantitative estimate of drug-likeness (QED) is 0.865. The summed E-state index contributed by atoms with van der Waals surface area (Å²) in [4.78, 5) is 23.3. The first-order valence-electron chi connectivity index (χ1n) is 7.80. The van der Waals surface area contributed by atoms with Gasteiger partial charge < -0.3 is 10.1 Å². The standard InChI is InChI=1S/C19H17N3O3/c1-19(2)15(11-21-12-23)18(22-8-4-3-5-17(22)24)14-9-13(10-20)6-7-16(14)25-19/h3-9,12H,11H2,1-2H3,(H,21,23). The molecule has 0 saturated carbocycles. The molecule has 0 spiro atoms. The van der Waals surface area contributed by atoms with Crippen LogP contribution in [-0.4, -0.2) is 23.1 Å². The van der Waals surface area contributed by atoms with Crippen LogP contribution in [0.3, 0.4) is 0 Å². The Labute approximate surface area is 145 Å². The Morgan fingerprint density at radius 3 is 2.80 bits per heavy atom. The number of nitrogens with one attached hydrogen (secondary N) is 1. The van der Waals surface area contributed by atoms with Crippen molar-refractivity contribution >= 4 is 12.1 Å². The van der Waals surface area contributed by atoms with E-state index >= 15 is 0 Å². The number of nitriles is 1. The monoisotopic (exact) mass is 335 g/mol. The third-order valence-electron chi connectivity index (χ3n) is 4.17. The molecule has 1 aliphatic rings. The number of nitrogens with zero attached hydrogens (tertiary/aromatic N) is 2. The van der Waals surface area contributed by atoms with Gasteiger partial charge in [-0.1, -0.05) is 6.07 Å².